The Labute approximate surface area is 39.7 Å². The summed E-state index contributed by atoms with van der Waals surface area (Å²) in [5, 5.41) is 11.8. The second-order valence-corrected chi connectivity index (χ2v) is 1.76. The van der Waals surface area contributed by atoms with Gasteiger partial charge in [-0.1, -0.05) is 0 Å². The highest BCUT2D eigenvalue weighted by Gasteiger charge is 1.98. The molecule has 1 aliphatic heterocycles. The Kier molecular flexibility index (Phi) is 0.979. The molecule has 0 spiro atoms. The van der Waals surface area contributed by atoms with Crippen molar-refractivity contribution in [3.63, 3.8) is 0 Å². The van der Waals surface area contributed by atoms with Gasteiger partial charge in [0.05, 0.1) is 5.75 Å². The number of hydrogen-bond acceptors (Lipinski definition) is 4. The number of nitrogens with zero attached hydrogens (tertiary/aromatic N) is 2. The fraction of sp³-hybridized carbons (Fsp3) is 0.500. The van der Waals surface area contributed by atoms with Gasteiger partial charge >= 0.3 is 0 Å². The standard InChI is InChI=1S/C2H4N2OS/c5-4-3-1-2-6-4/h1,5H,2H2. The quantitative estimate of drug-likeness (QED) is 0.450. The molecule has 0 saturated carbocycles. The molecule has 0 amide bonds. The van der Waals surface area contributed by atoms with Crippen molar-refractivity contribution in [2.24, 2.45) is 5.10 Å². The molecule has 0 bridgehead atoms. The van der Waals surface area contributed by atoms with Gasteiger partial charge in [-0.25, -0.2) is 0 Å². The highest BCUT2D eigenvalue weighted by atomic mass is 32.2. The lowest BCUT2D eigenvalue weighted by molar-refractivity contribution is 0.0232. The minimum atomic E-state index is 0.788. The van der Waals surface area contributed by atoms with Gasteiger partial charge in [0, 0.05) is 18.2 Å². The zero-order valence-corrected chi connectivity index (χ0v) is 3.85. The molecule has 0 aliphatic carbocycles. The molecule has 1 N–H and O–H groups in total. The highest BCUT2D eigenvalue weighted by Crippen LogP contribution is 2.08. The Balaban J connectivity index is 2.38. The zero-order chi connectivity index (χ0) is 4.41. The molecule has 3 nitrogen and oxygen atoms in total. The van der Waals surface area contributed by atoms with Gasteiger partial charge in [-0.15, -0.1) is 4.58 Å². The van der Waals surface area contributed by atoms with Crippen molar-refractivity contribution in [3.05, 3.63) is 0 Å². The second kappa shape index (κ2) is 1.49. The molecule has 34 valence electrons. The predicted molar refractivity (Wildman–Crippen MR) is 24.6 cm³/mol. The Morgan fingerprint density at radius 2 is 2.83 bits per heavy atom. The molecule has 0 saturated heterocycles. The molecule has 0 aromatic heterocycles. The van der Waals surface area contributed by atoms with Crippen molar-refractivity contribution >= 4 is 18.2 Å². The first-order valence-corrected chi connectivity index (χ1v) is 2.48. The van der Waals surface area contributed by atoms with E-state index >= 15 is 0 Å². The van der Waals surface area contributed by atoms with Gasteiger partial charge in [-0.2, -0.15) is 5.10 Å². The molecular weight excluding hydrogens is 100 g/mol. The van der Waals surface area contributed by atoms with Crippen molar-refractivity contribution in [2.75, 3.05) is 5.75 Å². The van der Waals surface area contributed by atoms with Gasteiger partial charge in [0.15, 0.2) is 0 Å². The van der Waals surface area contributed by atoms with E-state index in [2.05, 4.69) is 5.10 Å². The van der Waals surface area contributed by atoms with Crippen LogP contribution in [0.25, 0.3) is 0 Å². The molecule has 1 heterocycles. The average Bonchev–Trinajstić information content (AvgIpc) is 1.86. The van der Waals surface area contributed by atoms with E-state index in [9.17, 15) is 0 Å². The number of hydrogen-bond donors (Lipinski definition) is 1. The van der Waals surface area contributed by atoms with E-state index in [-0.39, 0.29) is 0 Å². The van der Waals surface area contributed by atoms with Crippen LogP contribution in [0.1, 0.15) is 0 Å². The van der Waals surface area contributed by atoms with Gasteiger partial charge < -0.3 is 0 Å². The molecule has 0 radical (unpaired) electrons. The van der Waals surface area contributed by atoms with E-state index in [0.29, 0.717) is 0 Å². The lowest BCUT2D eigenvalue weighted by Crippen LogP contribution is -1.92. The van der Waals surface area contributed by atoms with E-state index in [4.69, 9.17) is 5.21 Å². The summed E-state index contributed by atoms with van der Waals surface area (Å²) >= 11 is 1.26. The van der Waals surface area contributed by atoms with Crippen molar-refractivity contribution in [3.8, 4) is 0 Å². The van der Waals surface area contributed by atoms with Crippen LogP contribution in [0.15, 0.2) is 5.10 Å². The van der Waals surface area contributed by atoms with Crippen molar-refractivity contribution < 1.29 is 5.21 Å². The first kappa shape index (κ1) is 3.95. The van der Waals surface area contributed by atoms with Crippen LogP contribution in [0, 0.1) is 0 Å². The summed E-state index contributed by atoms with van der Waals surface area (Å²) in [7, 11) is 0. The topological polar surface area (TPSA) is 35.8 Å². The Morgan fingerprint density at radius 3 is 3.00 bits per heavy atom. The van der Waals surface area contributed by atoms with E-state index < -0.39 is 0 Å². The maximum absolute atomic E-state index is 8.33. The fourth-order valence-electron chi connectivity index (χ4n) is 0.237. The largest absolute Gasteiger partial charge is 0.262 e. The van der Waals surface area contributed by atoms with Crippen LogP contribution in [0.2, 0.25) is 0 Å². The molecule has 0 aromatic rings. The maximum Gasteiger partial charge on any atom is 0.0548 e. The third kappa shape index (κ3) is 0.636. The van der Waals surface area contributed by atoms with Crippen LogP contribution in [0.3, 0.4) is 0 Å². The molecule has 0 unspecified atom stereocenters. The Hall–Kier alpha value is -0.220. The van der Waals surface area contributed by atoms with Crippen LogP contribution >= 0.6 is 11.9 Å². The summed E-state index contributed by atoms with van der Waals surface area (Å²) in [6.07, 6.45) is 1.64. The Morgan fingerprint density at radius 1 is 2.00 bits per heavy atom. The van der Waals surface area contributed by atoms with E-state index in [0.717, 1.165) is 10.3 Å². The summed E-state index contributed by atoms with van der Waals surface area (Å²) in [6, 6.07) is 0. The monoisotopic (exact) mass is 104 g/mol. The van der Waals surface area contributed by atoms with Gasteiger partial charge in [-0.3, -0.25) is 5.21 Å². The van der Waals surface area contributed by atoms with Gasteiger partial charge in [-0.05, 0) is 0 Å². The van der Waals surface area contributed by atoms with E-state index in [1.54, 1.807) is 6.21 Å². The van der Waals surface area contributed by atoms with Gasteiger partial charge in [0.25, 0.3) is 0 Å². The van der Waals surface area contributed by atoms with E-state index in [1.165, 1.54) is 11.9 Å². The Bertz CT molecular complexity index is 73.9. The van der Waals surface area contributed by atoms with E-state index in [1.807, 2.05) is 0 Å². The summed E-state index contributed by atoms with van der Waals surface area (Å²) < 4.78 is 0.847. The van der Waals surface area contributed by atoms with Crippen molar-refractivity contribution in [1.82, 2.24) is 4.58 Å². The summed E-state index contributed by atoms with van der Waals surface area (Å²) in [4.78, 5) is 0. The van der Waals surface area contributed by atoms with Gasteiger partial charge in [0.2, 0.25) is 0 Å². The molecule has 0 fully saturated rings. The van der Waals surface area contributed by atoms with Crippen LogP contribution in [-0.4, -0.2) is 21.8 Å². The lowest BCUT2D eigenvalue weighted by Gasteiger charge is -1.95. The van der Waals surface area contributed by atoms with Crippen LogP contribution < -0.4 is 0 Å². The lowest BCUT2D eigenvalue weighted by atomic mass is 10.9. The first-order valence-electron chi connectivity index (χ1n) is 1.54. The van der Waals surface area contributed by atoms with Crippen molar-refractivity contribution in [2.45, 2.75) is 0 Å². The predicted octanol–water partition coefficient (Wildman–Crippen LogP) is 0.325. The molecule has 1 rings (SSSR count). The summed E-state index contributed by atoms with van der Waals surface area (Å²) in [6.45, 7) is 0. The smallest absolute Gasteiger partial charge is 0.0548 e. The molecule has 0 atom stereocenters. The van der Waals surface area contributed by atoms with Gasteiger partial charge in [0.1, 0.15) is 0 Å². The minimum Gasteiger partial charge on any atom is -0.262 e. The summed E-state index contributed by atoms with van der Waals surface area (Å²) in [5.41, 5.74) is 0. The maximum atomic E-state index is 8.33. The SMILES string of the molecule is ON1N=CCS1. The third-order valence-corrected chi connectivity index (χ3v) is 1.07. The molecule has 0 aromatic carbocycles. The highest BCUT2D eigenvalue weighted by molar-refractivity contribution is 7.97. The van der Waals surface area contributed by atoms with Crippen LogP contribution in [-0.2, 0) is 0 Å². The fourth-order valence-corrected chi connectivity index (χ4v) is 0.637. The second-order valence-electron chi connectivity index (χ2n) is 0.847. The van der Waals surface area contributed by atoms with Crippen LogP contribution in [0.5, 0.6) is 0 Å². The summed E-state index contributed by atoms with van der Waals surface area (Å²) in [5.74, 6) is 0.788. The molecular formula is C2H4N2OS. The first-order chi connectivity index (χ1) is 2.89. The minimum absolute atomic E-state index is 0.788. The van der Waals surface area contributed by atoms with Crippen LogP contribution in [0.4, 0.5) is 0 Å². The molecule has 4 heteroatoms. The third-order valence-electron chi connectivity index (χ3n) is 0.445. The molecule has 1 aliphatic rings. The number of hydrazone groups is 1. The normalized spacial score (nSPS) is 19.8. The zero-order valence-electron chi connectivity index (χ0n) is 3.03. The molecule has 6 heavy (non-hydrogen) atoms. The average molecular weight is 104 g/mol. The van der Waals surface area contributed by atoms with Crippen molar-refractivity contribution in [1.29, 1.82) is 0 Å². The number of rotatable bonds is 0.